The van der Waals surface area contributed by atoms with Crippen LogP contribution >= 0.6 is 11.6 Å². The average Bonchev–Trinajstić information content (AvgIpc) is 3.28. The molecule has 14 heteroatoms. The fourth-order valence-corrected chi connectivity index (χ4v) is 6.88. The normalized spacial score (nSPS) is 17.6. The summed E-state index contributed by atoms with van der Waals surface area (Å²) in [6.45, 7) is 6.27. The van der Waals surface area contributed by atoms with Crippen molar-refractivity contribution in [3.8, 4) is 23.4 Å². The van der Waals surface area contributed by atoms with Gasteiger partial charge in [0.15, 0.2) is 11.0 Å². The smallest absolute Gasteiger partial charge is 0.319 e. The summed E-state index contributed by atoms with van der Waals surface area (Å²) < 4.78 is 54.1. The summed E-state index contributed by atoms with van der Waals surface area (Å²) in [5.74, 6) is 1.19. The number of rotatable bonds is 12. The molecule has 0 N–H and O–H groups in total. The largest absolute Gasteiger partial charge is 0.497 e. The maximum Gasteiger partial charge on any atom is 0.319 e. The van der Waals surface area contributed by atoms with Gasteiger partial charge in [0.05, 0.1) is 32.5 Å². The van der Waals surface area contributed by atoms with E-state index in [1.54, 1.807) is 14.2 Å². The van der Waals surface area contributed by atoms with Crippen LogP contribution in [0.4, 0.5) is 20.4 Å². The third-order valence-electron chi connectivity index (χ3n) is 9.79. The zero-order valence-electron chi connectivity index (χ0n) is 29.6. The number of pyridine rings is 2. The van der Waals surface area contributed by atoms with Gasteiger partial charge in [-0.3, -0.25) is 4.90 Å². The van der Waals surface area contributed by atoms with Gasteiger partial charge in [-0.05, 0) is 75.3 Å². The Bertz CT molecular complexity index is 2010. The van der Waals surface area contributed by atoms with Gasteiger partial charge in [0.2, 0.25) is 5.88 Å². The van der Waals surface area contributed by atoms with Gasteiger partial charge in [-0.2, -0.15) is 15.0 Å². The maximum atomic E-state index is 15.7. The summed E-state index contributed by atoms with van der Waals surface area (Å²) in [6.07, 6.45) is 2.19. The Morgan fingerprint density at radius 3 is 2.21 bits per heavy atom. The van der Waals surface area contributed by atoms with Gasteiger partial charge >= 0.3 is 6.01 Å². The third-order valence-corrected chi connectivity index (χ3v) is 10.0. The van der Waals surface area contributed by atoms with E-state index < -0.39 is 17.7 Å². The Morgan fingerprint density at radius 2 is 1.63 bits per heavy atom. The van der Waals surface area contributed by atoms with E-state index in [1.165, 1.54) is 12.3 Å². The second-order valence-electron chi connectivity index (χ2n) is 13.2. The molecule has 0 bridgehead atoms. The van der Waals surface area contributed by atoms with Crippen molar-refractivity contribution in [2.45, 2.75) is 51.5 Å². The Labute approximate surface area is 306 Å². The lowest BCUT2D eigenvalue weighted by Crippen LogP contribution is -2.48. The number of methoxy groups -OCH3 is 2. The molecule has 0 radical (unpaired) electrons. The van der Waals surface area contributed by atoms with E-state index in [0.29, 0.717) is 36.9 Å². The van der Waals surface area contributed by atoms with Crippen molar-refractivity contribution in [3.63, 3.8) is 0 Å². The zero-order valence-corrected chi connectivity index (χ0v) is 30.4. The highest BCUT2D eigenvalue weighted by Gasteiger charge is 2.35. The molecule has 3 atom stereocenters. The SMILES string of the molecule is COc1ccc(CN(Cc2ccc(OC)cc2)c2ncc(F)cc2[C@@H](C)N2c3nc(OC[C@H]4CCN4C)nc4c(F)c(Cl)nc(c34)OC[C@@H]2C)cc1. The summed E-state index contributed by atoms with van der Waals surface area (Å²) in [5, 5.41) is -0.110. The molecule has 7 rings (SSSR count). The molecule has 5 heterocycles. The number of hydrogen-bond donors (Lipinski definition) is 0. The molecule has 1 fully saturated rings. The number of likely N-dealkylation sites (tertiary alicyclic amines) is 1. The highest BCUT2D eigenvalue weighted by atomic mass is 35.5. The minimum atomic E-state index is -0.807. The second kappa shape index (κ2) is 14.9. The molecule has 2 aliphatic rings. The first-order chi connectivity index (χ1) is 25.1. The number of aromatic nitrogens is 4. The van der Waals surface area contributed by atoms with Crippen LogP contribution in [0.15, 0.2) is 60.8 Å². The predicted molar refractivity (Wildman–Crippen MR) is 195 cm³/mol. The van der Waals surface area contributed by atoms with Crippen molar-refractivity contribution in [2.24, 2.45) is 0 Å². The van der Waals surface area contributed by atoms with Crippen LogP contribution in [0, 0.1) is 11.6 Å². The first-order valence-electron chi connectivity index (χ1n) is 17.1. The standard InChI is InChI=1S/C38H40ClF2N7O4/c1-22-20-51-37-31-33(32(41)34(39)44-37)43-38(52-21-27-14-15-46(27)3)45-36(31)48(22)23(2)30-16-26(40)17-42-35(30)47(18-24-6-10-28(49-4)11-7-24)19-25-8-12-29(50-5)13-9-25/h6-13,16-17,22-23,27H,14-15,18-21H2,1-5H3/t22-,23+,27+/m0/s1. The van der Waals surface area contributed by atoms with Gasteiger partial charge in [-0.1, -0.05) is 35.9 Å². The lowest BCUT2D eigenvalue weighted by atomic mass is 10.0. The third kappa shape index (κ3) is 7.07. The fraction of sp³-hybridized carbons (Fsp3) is 0.368. The first kappa shape index (κ1) is 35.4. The van der Waals surface area contributed by atoms with Gasteiger partial charge in [0.25, 0.3) is 0 Å². The van der Waals surface area contributed by atoms with Gasteiger partial charge in [-0.25, -0.2) is 13.8 Å². The van der Waals surface area contributed by atoms with Crippen molar-refractivity contribution in [2.75, 3.05) is 50.8 Å². The van der Waals surface area contributed by atoms with Gasteiger partial charge in [-0.15, -0.1) is 0 Å². The molecule has 5 aromatic rings. The minimum Gasteiger partial charge on any atom is -0.497 e. The lowest BCUT2D eigenvalue weighted by Gasteiger charge is -2.37. The summed E-state index contributed by atoms with van der Waals surface area (Å²) in [4.78, 5) is 24.5. The molecule has 1 saturated heterocycles. The van der Waals surface area contributed by atoms with Crippen molar-refractivity contribution in [1.29, 1.82) is 0 Å². The van der Waals surface area contributed by atoms with E-state index in [2.05, 4.69) is 19.8 Å². The second-order valence-corrected chi connectivity index (χ2v) is 13.5. The number of ether oxygens (including phenoxy) is 4. The van der Waals surface area contributed by atoms with E-state index in [-0.39, 0.29) is 46.6 Å². The van der Waals surface area contributed by atoms with Crippen LogP contribution in [0.1, 0.15) is 43.0 Å². The molecule has 0 aliphatic carbocycles. The van der Waals surface area contributed by atoms with E-state index in [0.717, 1.165) is 35.6 Å². The Hall–Kier alpha value is -5.01. The number of benzene rings is 2. The highest BCUT2D eigenvalue weighted by molar-refractivity contribution is 6.30. The summed E-state index contributed by atoms with van der Waals surface area (Å²) in [6, 6.07) is 16.4. The van der Waals surface area contributed by atoms with Gasteiger partial charge < -0.3 is 28.7 Å². The topological polar surface area (TPSA) is 98.2 Å². The van der Waals surface area contributed by atoms with Crippen LogP contribution < -0.4 is 28.7 Å². The van der Waals surface area contributed by atoms with Crippen LogP contribution in [0.2, 0.25) is 5.15 Å². The maximum absolute atomic E-state index is 15.7. The first-order valence-corrected chi connectivity index (χ1v) is 17.5. The summed E-state index contributed by atoms with van der Waals surface area (Å²) in [5.41, 5.74) is 2.52. The quantitative estimate of drug-likeness (QED) is 0.124. The van der Waals surface area contributed by atoms with E-state index >= 15 is 8.78 Å². The highest BCUT2D eigenvalue weighted by Crippen LogP contribution is 2.43. The molecule has 2 aliphatic heterocycles. The van der Waals surface area contributed by atoms with Crippen LogP contribution in [0.25, 0.3) is 10.9 Å². The molecule has 272 valence electrons. The van der Waals surface area contributed by atoms with Crippen molar-refractivity contribution in [3.05, 3.63) is 94.3 Å². The Kier molecular flexibility index (Phi) is 10.2. The molecule has 3 aromatic heterocycles. The van der Waals surface area contributed by atoms with Crippen LogP contribution in [-0.2, 0) is 13.1 Å². The Balaban J connectivity index is 1.33. The zero-order chi connectivity index (χ0) is 36.5. The van der Waals surface area contributed by atoms with Crippen LogP contribution in [0.5, 0.6) is 23.4 Å². The van der Waals surface area contributed by atoms with Crippen molar-refractivity contribution in [1.82, 2.24) is 24.8 Å². The average molecular weight is 732 g/mol. The van der Waals surface area contributed by atoms with Crippen molar-refractivity contribution < 1.29 is 27.7 Å². The number of halogens is 3. The van der Waals surface area contributed by atoms with E-state index in [4.69, 9.17) is 40.5 Å². The number of nitrogens with zero attached hydrogens (tertiary/aromatic N) is 7. The minimum absolute atomic E-state index is 0.000514. The summed E-state index contributed by atoms with van der Waals surface area (Å²) >= 11 is 6.25. The Morgan fingerprint density at radius 1 is 0.981 bits per heavy atom. The molecule has 2 aromatic carbocycles. The number of anilines is 2. The molecular formula is C38H40ClF2N7O4. The van der Waals surface area contributed by atoms with Crippen molar-refractivity contribution >= 4 is 34.1 Å². The molecule has 0 spiro atoms. The van der Waals surface area contributed by atoms with Gasteiger partial charge in [0, 0.05) is 24.7 Å². The number of likely N-dealkylation sites (N-methyl/N-ethyl adjacent to an activating group) is 1. The molecule has 0 saturated carbocycles. The molecule has 52 heavy (non-hydrogen) atoms. The predicted octanol–water partition coefficient (Wildman–Crippen LogP) is 7.01. The monoisotopic (exact) mass is 731 g/mol. The van der Waals surface area contributed by atoms with Crippen LogP contribution in [-0.4, -0.2) is 77.9 Å². The number of hydrogen-bond acceptors (Lipinski definition) is 11. The van der Waals surface area contributed by atoms with Gasteiger partial charge in [0.1, 0.15) is 53.1 Å². The van der Waals surface area contributed by atoms with E-state index in [1.807, 2.05) is 74.3 Å². The lowest BCUT2D eigenvalue weighted by molar-refractivity contribution is 0.0732. The fourth-order valence-electron chi connectivity index (χ4n) is 6.71. The molecular weight excluding hydrogens is 692 g/mol. The van der Waals surface area contributed by atoms with E-state index in [9.17, 15) is 0 Å². The molecule has 0 amide bonds. The molecule has 11 nitrogen and oxygen atoms in total. The summed E-state index contributed by atoms with van der Waals surface area (Å²) in [7, 11) is 5.27. The molecule has 0 unspecified atom stereocenters. The van der Waals surface area contributed by atoms with Crippen LogP contribution in [0.3, 0.4) is 0 Å².